The molecule has 1 aromatic carbocycles. The van der Waals surface area contributed by atoms with Crippen molar-refractivity contribution in [3.63, 3.8) is 0 Å². The number of primary amides is 2. The van der Waals surface area contributed by atoms with Gasteiger partial charge in [-0.15, -0.1) is 0 Å². The third kappa shape index (κ3) is 2.84. The zero-order valence-electron chi connectivity index (χ0n) is 10.6. The summed E-state index contributed by atoms with van der Waals surface area (Å²) in [7, 11) is 0. The Bertz CT molecular complexity index is 556. The molecular formula is C12H14F3N3O2. The second kappa shape index (κ2) is 5.40. The number of hydrogen-bond acceptors (Lipinski definition) is 3. The van der Waals surface area contributed by atoms with Crippen molar-refractivity contribution < 1.29 is 22.8 Å². The first kappa shape index (κ1) is 15.8. The summed E-state index contributed by atoms with van der Waals surface area (Å²) in [5.74, 6) is -4.02. The predicted molar refractivity (Wildman–Crippen MR) is 67.0 cm³/mol. The molecule has 2 amide bonds. The maximum absolute atomic E-state index is 13.0. The van der Waals surface area contributed by atoms with Crippen LogP contribution in [0, 0.1) is 0 Å². The molecule has 0 saturated heterocycles. The van der Waals surface area contributed by atoms with Crippen LogP contribution >= 0.6 is 0 Å². The lowest BCUT2D eigenvalue weighted by Gasteiger charge is -2.23. The Morgan fingerprint density at radius 2 is 1.60 bits per heavy atom. The van der Waals surface area contributed by atoms with Gasteiger partial charge in [-0.1, -0.05) is 6.92 Å². The Balaban J connectivity index is 3.66. The highest BCUT2D eigenvalue weighted by Crippen LogP contribution is 2.42. The number of anilines is 1. The maximum atomic E-state index is 13.0. The number of nitrogens with two attached hydrogens (primary N) is 3. The molecule has 0 radical (unpaired) electrons. The van der Waals surface area contributed by atoms with Crippen LogP contribution in [0.3, 0.4) is 0 Å². The van der Waals surface area contributed by atoms with E-state index in [0.29, 0.717) is 0 Å². The van der Waals surface area contributed by atoms with Crippen LogP contribution < -0.4 is 17.2 Å². The summed E-state index contributed by atoms with van der Waals surface area (Å²) in [6.45, 7) is 1.29. The van der Waals surface area contributed by atoms with Crippen LogP contribution in [0.2, 0.25) is 0 Å². The molecular weight excluding hydrogens is 275 g/mol. The van der Waals surface area contributed by atoms with Crippen LogP contribution in [0.4, 0.5) is 18.9 Å². The average Bonchev–Trinajstić information content (AvgIpc) is 2.29. The SMILES string of the molecule is CCC(c1c(C(N)=O)ccc(C(N)=O)c1N)C(F)(F)F. The first-order chi connectivity index (χ1) is 9.11. The topological polar surface area (TPSA) is 112 Å². The monoisotopic (exact) mass is 289 g/mol. The molecule has 8 heteroatoms. The fourth-order valence-corrected chi connectivity index (χ4v) is 2.04. The number of nitrogen functional groups attached to an aromatic ring is 1. The Morgan fingerprint density at radius 1 is 1.15 bits per heavy atom. The van der Waals surface area contributed by atoms with Gasteiger partial charge in [0.25, 0.3) is 5.91 Å². The maximum Gasteiger partial charge on any atom is 0.395 e. The number of amides is 2. The Hall–Kier alpha value is -2.25. The van der Waals surface area contributed by atoms with Crippen LogP contribution in [0.25, 0.3) is 0 Å². The molecule has 6 N–H and O–H groups in total. The number of carbonyl (C=O) groups excluding carboxylic acids is 2. The molecule has 1 atom stereocenters. The van der Waals surface area contributed by atoms with E-state index < -0.39 is 35.2 Å². The van der Waals surface area contributed by atoms with E-state index in [1.807, 2.05) is 0 Å². The van der Waals surface area contributed by atoms with Crippen molar-refractivity contribution in [2.75, 3.05) is 5.73 Å². The van der Waals surface area contributed by atoms with Gasteiger partial charge < -0.3 is 17.2 Å². The highest BCUT2D eigenvalue weighted by molar-refractivity contribution is 6.03. The molecule has 0 aliphatic carbocycles. The standard InChI is InChI=1S/C12H14F3N3O2/c1-2-7(12(13,14)15)8-5(10(17)19)3-4-6(9(8)16)11(18)20/h3-4,7H,2,16H2,1H3,(H2,17,19)(H2,18,20). The van der Waals surface area contributed by atoms with Crippen molar-refractivity contribution in [2.24, 2.45) is 11.5 Å². The van der Waals surface area contributed by atoms with Crippen LogP contribution in [-0.4, -0.2) is 18.0 Å². The normalized spacial score (nSPS) is 13.0. The predicted octanol–water partition coefficient (Wildman–Crippen LogP) is 1.52. The molecule has 1 rings (SSSR count). The fraction of sp³-hybridized carbons (Fsp3) is 0.333. The van der Waals surface area contributed by atoms with Crippen molar-refractivity contribution in [1.29, 1.82) is 0 Å². The molecule has 0 spiro atoms. The number of carbonyl (C=O) groups is 2. The van der Waals surface area contributed by atoms with E-state index >= 15 is 0 Å². The van der Waals surface area contributed by atoms with Gasteiger partial charge >= 0.3 is 6.18 Å². The van der Waals surface area contributed by atoms with E-state index in [4.69, 9.17) is 17.2 Å². The van der Waals surface area contributed by atoms with Gasteiger partial charge in [0.05, 0.1) is 11.5 Å². The second-order valence-corrected chi connectivity index (χ2v) is 4.22. The van der Waals surface area contributed by atoms with Gasteiger partial charge in [-0.2, -0.15) is 13.2 Å². The fourth-order valence-electron chi connectivity index (χ4n) is 2.04. The summed E-state index contributed by atoms with van der Waals surface area (Å²) >= 11 is 0. The summed E-state index contributed by atoms with van der Waals surface area (Å²) in [6, 6.07) is 2.12. The van der Waals surface area contributed by atoms with Crippen molar-refractivity contribution in [2.45, 2.75) is 25.4 Å². The van der Waals surface area contributed by atoms with E-state index in [9.17, 15) is 22.8 Å². The molecule has 1 aromatic rings. The van der Waals surface area contributed by atoms with E-state index in [2.05, 4.69) is 0 Å². The number of hydrogen-bond donors (Lipinski definition) is 3. The highest BCUT2D eigenvalue weighted by atomic mass is 19.4. The van der Waals surface area contributed by atoms with Crippen LogP contribution in [0.5, 0.6) is 0 Å². The Labute approximate surface area is 112 Å². The van der Waals surface area contributed by atoms with Gasteiger partial charge in [0, 0.05) is 16.8 Å². The molecule has 0 aliphatic rings. The first-order valence-corrected chi connectivity index (χ1v) is 5.69. The molecule has 1 unspecified atom stereocenters. The van der Waals surface area contributed by atoms with Gasteiger partial charge in [-0.3, -0.25) is 9.59 Å². The van der Waals surface area contributed by atoms with E-state index in [1.54, 1.807) is 0 Å². The quantitative estimate of drug-likeness (QED) is 0.730. The van der Waals surface area contributed by atoms with Gasteiger partial charge in [-0.05, 0) is 18.6 Å². The summed E-state index contributed by atoms with van der Waals surface area (Å²) in [6.07, 6.45) is -4.97. The average molecular weight is 289 g/mol. The lowest BCUT2D eigenvalue weighted by molar-refractivity contribution is -0.150. The van der Waals surface area contributed by atoms with E-state index in [-0.39, 0.29) is 17.5 Å². The zero-order chi connectivity index (χ0) is 15.7. The number of benzene rings is 1. The van der Waals surface area contributed by atoms with Crippen molar-refractivity contribution in [3.05, 3.63) is 28.8 Å². The molecule has 0 fully saturated rings. The van der Waals surface area contributed by atoms with Gasteiger partial charge in [0.15, 0.2) is 0 Å². The van der Waals surface area contributed by atoms with Gasteiger partial charge in [-0.25, -0.2) is 0 Å². The van der Waals surface area contributed by atoms with Gasteiger partial charge in [0.1, 0.15) is 0 Å². The third-order valence-corrected chi connectivity index (χ3v) is 2.97. The number of alkyl halides is 3. The van der Waals surface area contributed by atoms with Crippen molar-refractivity contribution in [3.8, 4) is 0 Å². The zero-order valence-corrected chi connectivity index (χ0v) is 10.6. The number of rotatable bonds is 4. The molecule has 0 saturated carbocycles. The lowest BCUT2D eigenvalue weighted by atomic mass is 9.87. The van der Waals surface area contributed by atoms with Crippen LogP contribution in [0.1, 0.15) is 45.5 Å². The van der Waals surface area contributed by atoms with Crippen LogP contribution in [-0.2, 0) is 0 Å². The minimum Gasteiger partial charge on any atom is -0.398 e. The summed E-state index contributed by atoms with van der Waals surface area (Å²) in [5, 5.41) is 0. The molecule has 20 heavy (non-hydrogen) atoms. The largest absolute Gasteiger partial charge is 0.398 e. The second-order valence-electron chi connectivity index (χ2n) is 4.22. The van der Waals surface area contributed by atoms with Crippen molar-refractivity contribution >= 4 is 17.5 Å². The van der Waals surface area contributed by atoms with Crippen LogP contribution in [0.15, 0.2) is 12.1 Å². The molecule has 5 nitrogen and oxygen atoms in total. The summed E-state index contributed by atoms with van der Waals surface area (Å²) < 4.78 is 39.1. The Kier molecular flexibility index (Phi) is 4.26. The molecule has 0 aromatic heterocycles. The smallest absolute Gasteiger partial charge is 0.395 e. The minimum absolute atomic E-state index is 0.271. The Morgan fingerprint density at radius 3 is 1.95 bits per heavy atom. The first-order valence-electron chi connectivity index (χ1n) is 5.69. The highest BCUT2D eigenvalue weighted by Gasteiger charge is 2.42. The lowest BCUT2D eigenvalue weighted by Crippen LogP contribution is -2.27. The minimum atomic E-state index is -4.62. The molecule has 0 bridgehead atoms. The molecule has 0 aliphatic heterocycles. The van der Waals surface area contributed by atoms with Crippen molar-refractivity contribution in [1.82, 2.24) is 0 Å². The number of halogens is 3. The van der Waals surface area contributed by atoms with Gasteiger partial charge in [0.2, 0.25) is 5.91 Å². The third-order valence-electron chi connectivity index (χ3n) is 2.97. The molecule has 0 heterocycles. The molecule has 110 valence electrons. The summed E-state index contributed by atoms with van der Waals surface area (Å²) in [5.41, 5.74) is 14.1. The van der Waals surface area contributed by atoms with E-state index in [1.165, 1.54) is 6.92 Å². The van der Waals surface area contributed by atoms with E-state index in [0.717, 1.165) is 12.1 Å². The summed E-state index contributed by atoms with van der Waals surface area (Å²) in [4.78, 5) is 22.4.